The molecule has 0 aliphatic carbocycles. The van der Waals surface area contributed by atoms with Crippen LogP contribution in [0.1, 0.15) is 5.56 Å². The lowest BCUT2D eigenvalue weighted by Gasteiger charge is -2.08. The lowest BCUT2D eigenvalue weighted by molar-refractivity contribution is -0.660. The van der Waals surface area contributed by atoms with Crippen molar-refractivity contribution in [2.24, 2.45) is 7.05 Å². The van der Waals surface area contributed by atoms with Crippen molar-refractivity contribution in [3.8, 4) is 33.5 Å². The van der Waals surface area contributed by atoms with E-state index in [9.17, 15) is 0 Å². The van der Waals surface area contributed by atoms with Crippen LogP contribution < -0.4 is 4.57 Å². The van der Waals surface area contributed by atoms with Gasteiger partial charge in [-0.05, 0) is 53.4 Å². The molecule has 3 heteroatoms. The summed E-state index contributed by atoms with van der Waals surface area (Å²) in [5.74, 6) is -0.291. The number of halogens is 1. The van der Waals surface area contributed by atoms with E-state index in [0.717, 1.165) is 49.9 Å². The average molecular weight is 445 g/mol. The second kappa shape index (κ2) is 7.96. The standard InChI is InChI=1S/C31H23FNO/c1-20-14-15-24-25-16-17-26(32)29(23-12-8-11-22(19-23)21-9-4-3-5-10-21)31(25)34-30(24)28(20)27-13-6-7-18-33(27)2/h3-19H,1-2H3/q+1. The molecule has 0 aliphatic rings. The molecule has 0 atom stereocenters. The average Bonchev–Trinajstić information content (AvgIpc) is 3.23. The maximum atomic E-state index is 15.4. The summed E-state index contributed by atoms with van der Waals surface area (Å²) in [6.45, 7) is 2.08. The molecule has 6 aromatic rings. The van der Waals surface area contributed by atoms with E-state index in [2.05, 4.69) is 41.8 Å². The molecule has 0 spiro atoms. The zero-order valence-electron chi connectivity index (χ0n) is 19.0. The van der Waals surface area contributed by atoms with Crippen molar-refractivity contribution in [3.63, 3.8) is 0 Å². The highest BCUT2D eigenvalue weighted by Gasteiger charge is 2.23. The first-order valence-corrected chi connectivity index (χ1v) is 11.4. The van der Waals surface area contributed by atoms with Crippen molar-refractivity contribution < 1.29 is 13.4 Å². The summed E-state index contributed by atoms with van der Waals surface area (Å²) in [6, 6.07) is 31.8. The molecule has 0 fully saturated rings. The van der Waals surface area contributed by atoms with Gasteiger partial charge in [-0.2, -0.15) is 0 Å². The van der Waals surface area contributed by atoms with Crippen LogP contribution in [0.5, 0.6) is 0 Å². The van der Waals surface area contributed by atoms with E-state index in [-0.39, 0.29) is 5.82 Å². The first-order chi connectivity index (χ1) is 16.6. The van der Waals surface area contributed by atoms with Crippen molar-refractivity contribution in [3.05, 3.63) is 115 Å². The van der Waals surface area contributed by atoms with E-state index in [1.807, 2.05) is 73.9 Å². The highest BCUT2D eigenvalue weighted by atomic mass is 19.1. The summed E-state index contributed by atoms with van der Waals surface area (Å²) in [6.07, 6.45) is 2.02. The molecule has 6 rings (SSSR count). The molecule has 0 saturated heterocycles. The summed E-state index contributed by atoms with van der Waals surface area (Å²) in [5.41, 5.74) is 7.97. The first-order valence-electron chi connectivity index (χ1n) is 11.4. The van der Waals surface area contributed by atoms with Gasteiger partial charge >= 0.3 is 0 Å². The van der Waals surface area contributed by atoms with Crippen molar-refractivity contribution in [2.75, 3.05) is 0 Å². The Hall–Kier alpha value is -4.24. The quantitative estimate of drug-likeness (QED) is 0.254. The van der Waals surface area contributed by atoms with Gasteiger partial charge in [-0.3, -0.25) is 0 Å². The third-order valence-corrected chi connectivity index (χ3v) is 6.54. The van der Waals surface area contributed by atoms with Gasteiger partial charge in [0.25, 0.3) is 0 Å². The molecule has 0 N–H and O–H groups in total. The van der Waals surface area contributed by atoms with Gasteiger partial charge in [-0.15, -0.1) is 0 Å². The smallest absolute Gasteiger partial charge is 0.216 e. The molecule has 0 radical (unpaired) electrons. The Balaban J connectivity index is 1.64. The molecule has 4 aromatic carbocycles. The van der Waals surface area contributed by atoms with Crippen LogP contribution in [0, 0.1) is 12.7 Å². The number of pyridine rings is 1. The van der Waals surface area contributed by atoms with Gasteiger partial charge in [0.15, 0.2) is 6.20 Å². The predicted molar refractivity (Wildman–Crippen MR) is 136 cm³/mol. The van der Waals surface area contributed by atoms with Crippen molar-refractivity contribution in [2.45, 2.75) is 6.92 Å². The molecule has 0 unspecified atom stereocenters. The van der Waals surface area contributed by atoms with Gasteiger partial charge in [-0.25, -0.2) is 8.96 Å². The molecule has 164 valence electrons. The highest BCUT2D eigenvalue weighted by Crippen LogP contribution is 2.42. The van der Waals surface area contributed by atoms with Gasteiger partial charge in [0.05, 0.1) is 11.1 Å². The number of furan rings is 1. The van der Waals surface area contributed by atoms with Crippen LogP contribution >= 0.6 is 0 Å². The molecular weight excluding hydrogens is 421 g/mol. The van der Waals surface area contributed by atoms with Gasteiger partial charge in [0, 0.05) is 22.9 Å². The van der Waals surface area contributed by atoms with Crippen molar-refractivity contribution >= 4 is 21.9 Å². The number of benzene rings is 4. The number of hydrogen-bond acceptors (Lipinski definition) is 1. The molecule has 0 saturated carbocycles. The van der Waals surface area contributed by atoms with Crippen LogP contribution in [-0.2, 0) is 7.05 Å². The monoisotopic (exact) mass is 444 g/mol. The normalized spacial score (nSPS) is 11.4. The third kappa shape index (κ3) is 3.20. The maximum absolute atomic E-state index is 15.4. The van der Waals surface area contributed by atoms with Gasteiger partial charge in [-0.1, -0.05) is 60.7 Å². The summed E-state index contributed by atoms with van der Waals surface area (Å²) in [5, 5.41) is 1.90. The topological polar surface area (TPSA) is 17.0 Å². The van der Waals surface area contributed by atoms with Crippen molar-refractivity contribution in [1.82, 2.24) is 0 Å². The molecule has 0 amide bonds. The number of nitrogens with zero attached hydrogens (tertiary/aromatic N) is 1. The third-order valence-electron chi connectivity index (χ3n) is 6.54. The second-order valence-corrected chi connectivity index (χ2v) is 8.68. The van der Waals surface area contributed by atoms with Crippen LogP contribution in [0.25, 0.3) is 55.4 Å². The molecule has 2 aromatic heterocycles. The van der Waals surface area contributed by atoms with Crippen LogP contribution in [-0.4, -0.2) is 0 Å². The van der Waals surface area contributed by atoms with Gasteiger partial charge < -0.3 is 4.42 Å². The number of aryl methyl sites for hydroxylation is 2. The van der Waals surface area contributed by atoms with Crippen LogP contribution in [0.3, 0.4) is 0 Å². The second-order valence-electron chi connectivity index (χ2n) is 8.68. The van der Waals surface area contributed by atoms with Gasteiger partial charge in [0.1, 0.15) is 24.0 Å². The number of fused-ring (bicyclic) bond motifs is 3. The van der Waals surface area contributed by atoms with E-state index in [1.54, 1.807) is 6.07 Å². The van der Waals surface area contributed by atoms with Crippen LogP contribution in [0.4, 0.5) is 4.39 Å². The minimum absolute atomic E-state index is 0.291. The Bertz CT molecular complexity index is 1680. The zero-order valence-corrected chi connectivity index (χ0v) is 19.0. The van der Waals surface area contributed by atoms with E-state index in [4.69, 9.17) is 4.42 Å². The summed E-state index contributed by atoms with van der Waals surface area (Å²) >= 11 is 0. The summed E-state index contributed by atoms with van der Waals surface area (Å²) in [7, 11) is 2.02. The zero-order chi connectivity index (χ0) is 23.2. The fraction of sp³-hybridized carbons (Fsp3) is 0.0645. The lowest BCUT2D eigenvalue weighted by Crippen LogP contribution is -2.30. The molecular formula is C31H23FNO+. The Labute approximate surface area is 197 Å². The molecule has 34 heavy (non-hydrogen) atoms. The lowest BCUT2D eigenvalue weighted by atomic mass is 9.96. The minimum Gasteiger partial charge on any atom is -0.454 e. The Morgan fingerprint density at radius 1 is 0.647 bits per heavy atom. The molecule has 0 aliphatic heterocycles. The van der Waals surface area contributed by atoms with E-state index >= 15 is 4.39 Å². The maximum Gasteiger partial charge on any atom is 0.216 e. The van der Waals surface area contributed by atoms with E-state index < -0.39 is 0 Å². The fourth-order valence-electron chi connectivity index (χ4n) is 4.83. The Morgan fingerprint density at radius 2 is 1.32 bits per heavy atom. The van der Waals surface area contributed by atoms with Crippen LogP contribution in [0.15, 0.2) is 108 Å². The summed E-state index contributed by atoms with van der Waals surface area (Å²) < 4.78 is 24.0. The SMILES string of the molecule is Cc1ccc2c(oc3c(-c4cccc(-c5ccccc5)c4)c(F)ccc32)c1-c1cccc[n+]1C. The molecule has 2 heterocycles. The highest BCUT2D eigenvalue weighted by molar-refractivity contribution is 6.13. The van der Waals surface area contributed by atoms with Gasteiger partial charge in [0.2, 0.25) is 5.69 Å². The van der Waals surface area contributed by atoms with E-state index in [1.165, 1.54) is 0 Å². The number of rotatable bonds is 3. The van der Waals surface area contributed by atoms with Crippen molar-refractivity contribution in [1.29, 1.82) is 0 Å². The fourth-order valence-corrected chi connectivity index (χ4v) is 4.83. The minimum atomic E-state index is -0.291. The largest absolute Gasteiger partial charge is 0.454 e. The van der Waals surface area contributed by atoms with Crippen LogP contribution in [0.2, 0.25) is 0 Å². The molecule has 2 nitrogen and oxygen atoms in total. The first kappa shape index (κ1) is 20.4. The predicted octanol–water partition coefficient (Wildman–Crippen LogP) is 7.86. The Kier molecular flexibility index (Phi) is 4.77. The molecule has 0 bridgehead atoms. The summed E-state index contributed by atoms with van der Waals surface area (Å²) in [4.78, 5) is 0. The number of aromatic nitrogens is 1. The Morgan fingerprint density at radius 3 is 2.12 bits per heavy atom. The number of hydrogen-bond donors (Lipinski definition) is 0. The van der Waals surface area contributed by atoms with E-state index in [0.29, 0.717) is 11.1 Å².